The van der Waals surface area contributed by atoms with Crippen molar-refractivity contribution in [2.75, 3.05) is 10.2 Å². The van der Waals surface area contributed by atoms with Gasteiger partial charge in [0.2, 0.25) is 17.7 Å². The minimum atomic E-state index is -1.49. The Morgan fingerprint density at radius 3 is 2.28 bits per heavy atom. The highest BCUT2D eigenvalue weighted by atomic mass is 35.5. The van der Waals surface area contributed by atoms with Crippen molar-refractivity contribution in [3.8, 4) is 0 Å². The molecule has 0 aliphatic carbocycles. The smallest absolute Gasteiger partial charge is 0.250 e. The molecular formula is C28H24ClN3O4. The maximum Gasteiger partial charge on any atom is 0.250 e. The van der Waals surface area contributed by atoms with E-state index in [-0.39, 0.29) is 0 Å². The van der Waals surface area contributed by atoms with E-state index in [0.29, 0.717) is 27.5 Å². The topological polar surface area (TPSA) is 98.7 Å². The molecule has 8 heteroatoms. The molecule has 3 amide bonds. The van der Waals surface area contributed by atoms with Crippen LogP contribution in [0.2, 0.25) is 5.02 Å². The molecule has 0 radical (unpaired) electrons. The molecule has 1 spiro atoms. The molecule has 3 aliphatic rings. The van der Waals surface area contributed by atoms with Crippen molar-refractivity contribution >= 4 is 40.7 Å². The zero-order chi connectivity index (χ0) is 25.4. The number of benzene rings is 3. The molecule has 7 nitrogen and oxygen atoms in total. The van der Waals surface area contributed by atoms with Crippen LogP contribution in [-0.4, -0.2) is 28.9 Å². The van der Waals surface area contributed by atoms with Gasteiger partial charge in [-0.2, -0.15) is 0 Å². The lowest BCUT2D eigenvalue weighted by molar-refractivity contribution is -0.130. The summed E-state index contributed by atoms with van der Waals surface area (Å²) in [7, 11) is 0. The van der Waals surface area contributed by atoms with Gasteiger partial charge < -0.3 is 10.4 Å². The molecule has 36 heavy (non-hydrogen) atoms. The fourth-order valence-electron chi connectivity index (χ4n) is 5.93. The molecule has 182 valence electrons. The summed E-state index contributed by atoms with van der Waals surface area (Å²) in [4.78, 5) is 42.7. The largest absolute Gasteiger partial charge is 0.387 e. The van der Waals surface area contributed by atoms with E-state index in [2.05, 4.69) is 10.6 Å². The number of aryl methyl sites for hydroxylation is 2. The number of nitrogens with one attached hydrogen (secondary N) is 2. The number of nitrogens with zero attached hydrogens (tertiary/aromatic N) is 1. The van der Waals surface area contributed by atoms with Crippen molar-refractivity contribution in [3.05, 3.63) is 94.0 Å². The molecule has 2 saturated heterocycles. The summed E-state index contributed by atoms with van der Waals surface area (Å²) in [5.41, 5.74) is 2.60. The predicted molar refractivity (Wildman–Crippen MR) is 135 cm³/mol. The third-order valence-corrected chi connectivity index (χ3v) is 7.90. The van der Waals surface area contributed by atoms with Crippen LogP contribution in [0.3, 0.4) is 0 Å². The Labute approximate surface area is 213 Å². The number of imide groups is 1. The quantitative estimate of drug-likeness (QED) is 0.476. The Kier molecular flexibility index (Phi) is 5.09. The van der Waals surface area contributed by atoms with Crippen molar-refractivity contribution in [2.45, 2.75) is 31.5 Å². The van der Waals surface area contributed by atoms with E-state index >= 15 is 0 Å². The predicted octanol–water partition coefficient (Wildman–Crippen LogP) is 3.62. The van der Waals surface area contributed by atoms with E-state index in [4.69, 9.17) is 11.6 Å². The number of hydrogen-bond donors (Lipinski definition) is 3. The van der Waals surface area contributed by atoms with E-state index in [9.17, 15) is 19.5 Å². The van der Waals surface area contributed by atoms with Crippen molar-refractivity contribution in [1.29, 1.82) is 0 Å². The van der Waals surface area contributed by atoms with Crippen LogP contribution in [-0.2, 0) is 19.9 Å². The SMILES string of the molecule is Cc1ccc(N2C(=O)[C@@H]3[C@H]([C@H](O)c4ccc(Cl)cc4)N[C@@]4(C(=O)Nc5ccc(C)cc54)[C@H]3C2=O)cc1. The molecule has 0 bridgehead atoms. The number of carbonyl (C=O) groups is 3. The highest BCUT2D eigenvalue weighted by molar-refractivity contribution is 6.30. The van der Waals surface area contributed by atoms with E-state index in [1.54, 1.807) is 42.5 Å². The zero-order valence-corrected chi connectivity index (χ0v) is 20.4. The molecule has 3 aliphatic heterocycles. The van der Waals surface area contributed by atoms with Gasteiger partial charge in [0.05, 0.1) is 29.7 Å². The highest BCUT2D eigenvalue weighted by Crippen LogP contribution is 2.55. The first-order valence-corrected chi connectivity index (χ1v) is 12.2. The van der Waals surface area contributed by atoms with E-state index < -0.39 is 47.2 Å². The molecule has 0 aromatic heterocycles. The Balaban J connectivity index is 1.52. The number of aliphatic hydroxyl groups is 1. The second-order valence-electron chi connectivity index (χ2n) is 9.83. The van der Waals surface area contributed by atoms with Crippen LogP contribution in [0.4, 0.5) is 11.4 Å². The second kappa shape index (κ2) is 8.00. The molecule has 6 rings (SSSR count). The number of amides is 3. The lowest BCUT2D eigenvalue weighted by Gasteiger charge is -2.31. The van der Waals surface area contributed by atoms with Crippen LogP contribution < -0.4 is 15.5 Å². The van der Waals surface area contributed by atoms with Crippen molar-refractivity contribution in [2.24, 2.45) is 11.8 Å². The van der Waals surface area contributed by atoms with E-state index in [1.807, 2.05) is 38.1 Å². The van der Waals surface area contributed by atoms with Crippen LogP contribution in [0.15, 0.2) is 66.7 Å². The summed E-state index contributed by atoms with van der Waals surface area (Å²) >= 11 is 6.04. The number of fused-ring (bicyclic) bond motifs is 4. The van der Waals surface area contributed by atoms with Gasteiger partial charge >= 0.3 is 0 Å². The van der Waals surface area contributed by atoms with Crippen molar-refractivity contribution in [3.63, 3.8) is 0 Å². The first-order chi connectivity index (χ1) is 17.2. The van der Waals surface area contributed by atoms with Crippen molar-refractivity contribution < 1.29 is 19.5 Å². The molecule has 2 fully saturated rings. The second-order valence-corrected chi connectivity index (χ2v) is 10.3. The van der Waals surface area contributed by atoms with Gasteiger partial charge in [-0.1, -0.05) is 59.1 Å². The first-order valence-electron chi connectivity index (χ1n) is 11.8. The van der Waals surface area contributed by atoms with Gasteiger partial charge in [0.1, 0.15) is 5.54 Å². The third-order valence-electron chi connectivity index (χ3n) is 7.65. The number of anilines is 2. The van der Waals surface area contributed by atoms with Gasteiger partial charge in [-0.25, -0.2) is 4.90 Å². The number of rotatable bonds is 3. The Morgan fingerprint density at radius 1 is 0.917 bits per heavy atom. The first kappa shape index (κ1) is 22.9. The molecule has 3 heterocycles. The Morgan fingerprint density at radius 2 is 1.58 bits per heavy atom. The van der Waals surface area contributed by atoms with Gasteiger partial charge in [0.25, 0.3) is 0 Å². The lowest BCUT2D eigenvalue weighted by Crippen LogP contribution is -2.54. The Bertz CT molecular complexity index is 1420. The standard InChI is InChI=1S/C28H24ClN3O4/c1-14-3-10-18(11-4-14)32-25(34)21-22(26(32)35)28(19-13-15(2)5-12-20(19)30-27(28)36)31-23(21)24(33)16-6-8-17(29)9-7-16/h3-13,21-24,31,33H,1-2H3,(H,30,36)/t21-,22+,23+,24+,28+/m0/s1. The fourth-order valence-corrected chi connectivity index (χ4v) is 6.06. The van der Waals surface area contributed by atoms with Gasteiger partial charge in [-0.05, 0) is 49.7 Å². The summed E-state index contributed by atoms with van der Waals surface area (Å²) in [6.07, 6.45) is -1.16. The number of aliphatic hydroxyl groups excluding tert-OH is 1. The minimum Gasteiger partial charge on any atom is -0.387 e. The van der Waals surface area contributed by atoms with E-state index in [0.717, 1.165) is 11.1 Å². The van der Waals surface area contributed by atoms with Crippen LogP contribution in [0.25, 0.3) is 0 Å². The lowest BCUT2D eigenvalue weighted by atomic mass is 9.75. The van der Waals surface area contributed by atoms with Crippen molar-refractivity contribution in [1.82, 2.24) is 5.32 Å². The average molecular weight is 502 g/mol. The molecule has 0 saturated carbocycles. The number of halogens is 1. The highest BCUT2D eigenvalue weighted by Gasteiger charge is 2.71. The maximum absolute atomic E-state index is 14.0. The maximum atomic E-state index is 14.0. The minimum absolute atomic E-state index is 0.407. The number of carbonyl (C=O) groups excluding carboxylic acids is 3. The molecular weight excluding hydrogens is 478 g/mol. The Hall–Kier alpha value is -3.52. The number of hydrogen-bond acceptors (Lipinski definition) is 5. The summed E-state index contributed by atoms with van der Waals surface area (Å²) in [5, 5.41) is 18.2. The third kappa shape index (κ3) is 3.10. The molecule has 3 aromatic rings. The zero-order valence-electron chi connectivity index (χ0n) is 19.7. The molecule has 0 unspecified atom stereocenters. The van der Waals surface area contributed by atoms with Gasteiger partial charge in [0, 0.05) is 16.3 Å². The van der Waals surface area contributed by atoms with E-state index in [1.165, 1.54) is 4.90 Å². The van der Waals surface area contributed by atoms with Crippen LogP contribution in [0.1, 0.15) is 28.4 Å². The van der Waals surface area contributed by atoms with Crippen LogP contribution in [0.5, 0.6) is 0 Å². The van der Waals surface area contributed by atoms with Gasteiger partial charge in [-0.15, -0.1) is 0 Å². The fraction of sp³-hybridized carbons (Fsp3) is 0.250. The molecule has 3 aromatic carbocycles. The summed E-state index contributed by atoms with van der Waals surface area (Å²) in [5.74, 6) is -3.29. The summed E-state index contributed by atoms with van der Waals surface area (Å²) in [6.45, 7) is 3.83. The summed E-state index contributed by atoms with van der Waals surface area (Å²) in [6, 6.07) is 18.4. The monoisotopic (exact) mass is 501 g/mol. The molecule has 3 N–H and O–H groups in total. The van der Waals surface area contributed by atoms with Crippen LogP contribution >= 0.6 is 11.6 Å². The van der Waals surface area contributed by atoms with Gasteiger partial charge in [0.15, 0.2) is 0 Å². The summed E-state index contributed by atoms with van der Waals surface area (Å²) < 4.78 is 0. The molecule has 5 atom stereocenters. The van der Waals surface area contributed by atoms with Crippen LogP contribution in [0, 0.1) is 25.7 Å². The average Bonchev–Trinajstić information content (AvgIpc) is 3.45. The normalized spacial score (nSPS) is 27.4. The van der Waals surface area contributed by atoms with Gasteiger partial charge in [-0.3, -0.25) is 19.7 Å².